The summed E-state index contributed by atoms with van der Waals surface area (Å²) in [4.78, 5) is 0. The van der Waals surface area contributed by atoms with E-state index in [1.807, 2.05) is 6.07 Å². The normalized spacial score (nSPS) is 13.6. The number of rotatable bonds is 6. The van der Waals surface area contributed by atoms with E-state index in [0.717, 1.165) is 18.4 Å². The predicted octanol–water partition coefficient (Wildman–Crippen LogP) is 4.99. The highest BCUT2D eigenvalue weighted by atomic mass is 16.3. The highest BCUT2D eigenvalue weighted by Gasteiger charge is 2.20. The number of benzene rings is 1. The van der Waals surface area contributed by atoms with E-state index >= 15 is 0 Å². The molecule has 1 aromatic rings. The molecule has 0 fully saturated rings. The van der Waals surface area contributed by atoms with Crippen LogP contribution in [0, 0.1) is 0 Å². The lowest BCUT2D eigenvalue weighted by molar-refractivity contribution is 0.161. The van der Waals surface area contributed by atoms with Gasteiger partial charge >= 0.3 is 0 Å². The molecule has 0 aliphatic heterocycles. The fraction of sp³-hybridized carbons (Fsp3) is 0.647. The number of aliphatic hydroxyl groups excluding tert-OH is 1. The van der Waals surface area contributed by atoms with Crippen molar-refractivity contribution in [2.75, 3.05) is 0 Å². The van der Waals surface area contributed by atoms with Crippen molar-refractivity contribution in [3.05, 3.63) is 35.4 Å². The maximum absolute atomic E-state index is 10.4. The summed E-state index contributed by atoms with van der Waals surface area (Å²) in [7, 11) is 0. The maximum atomic E-state index is 10.4. The molecule has 1 nitrogen and oxygen atoms in total. The molecule has 0 radical (unpaired) electrons. The zero-order chi connectivity index (χ0) is 13.6. The lowest BCUT2D eigenvalue weighted by Gasteiger charge is -2.25. The van der Waals surface area contributed by atoms with Crippen molar-refractivity contribution < 1.29 is 5.11 Å². The Morgan fingerprint density at radius 2 is 1.72 bits per heavy atom. The first-order chi connectivity index (χ1) is 8.46. The minimum atomic E-state index is -0.308. The third kappa shape index (κ3) is 4.45. The lowest BCUT2D eigenvalue weighted by atomic mass is 9.81. The molecule has 0 aliphatic rings. The summed E-state index contributed by atoms with van der Waals surface area (Å²) in [5.41, 5.74) is 2.48. The molecule has 0 aliphatic carbocycles. The van der Waals surface area contributed by atoms with Gasteiger partial charge in [0.1, 0.15) is 0 Å². The molecular weight excluding hydrogens is 220 g/mol. The van der Waals surface area contributed by atoms with E-state index in [2.05, 4.69) is 45.9 Å². The first kappa shape index (κ1) is 15.2. The third-order valence-electron chi connectivity index (χ3n) is 3.46. The van der Waals surface area contributed by atoms with Crippen molar-refractivity contribution in [3.8, 4) is 0 Å². The Morgan fingerprint density at radius 3 is 2.33 bits per heavy atom. The zero-order valence-corrected chi connectivity index (χ0v) is 12.4. The van der Waals surface area contributed by atoms with E-state index in [1.54, 1.807) is 0 Å². The van der Waals surface area contributed by atoms with Gasteiger partial charge in [0.05, 0.1) is 6.10 Å². The second-order valence-corrected chi connectivity index (χ2v) is 6.20. The SMILES string of the molecule is CCCCCCC(O)c1ccccc1C(C)(C)C. The standard InChI is InChI=1S/C17H28O/c1-5-6-7-8-13-16(18)14-11-9-10-12-15(14)17(2,3)4/h9-12,16,18H,5-8,13H2,1-4H3. The molecule has 0 bridgehead atoms. The number of aliphatic hydroxyl groups is 1. The van der Waals surface area contributed by atoms with Crippen LogP contribution in [0.15, 0.2) is 24.3 Å². The second-order valence-electron chi connectivity index (χ2n) is 6.20. The van der Waals surface area contributed by atoms with Gasteiger partial charge in [-0.05, 0) is 23.0 Å². The average molecular weight is 248 g/mol. The first-order valence-electron chi connectivity index (χ1n) is 7.24. The van der Waals surface area contributed by atoms with E-state index in [9.17, 15) is 5.11 Å². The zero-order valence-electron chi connectivity index (χ0n) is 12.4. The molecule has 0 saturated carbocycles. The van der Waals surface area contributed by atoms with Crippen LogP contribution in [0.1, 0.15) is 77.0 Å². The second kappa shape index (κ2) is 6.94. The van der Waals surface area contributed by atoms with Gasteiger partial charge < -0.3 is 5.11 Å². The van der Waals surface area contributed by atoms with Gasteiger partial charge in [0, 0.05) is 0 Å². The van der Waals surface area contributed by atoms with E-state index in [-0.39, 0.29) is 11.5 Å². The molecule has 0 aromatic heterocycles. The van der Waals surface area contributed by atoms with Crippen LogP contribution in [0.25, 0.3) is 0 Å². The van der Waals surface area contributed by atoms with E-state index < -0.39 is 0 Å². The fourth-order valence-electron chi connectivity index (χ4n) is 2.39. The van der Waals surface area contributed by atoms with E-state index in [4.69, 9.17) is 0 Å². The lowest BCUT2D eigenvalue weighted by Crippen LogP contribution is -2.16. The van der Waals surface area contributed by atoms with Crippen molar-refractivity contribution in [1.29, 1.82) is 0 Å². The van der Waals surface area contributed by atoms with Gasteiger partial charge in [-0.2, -0.15) is 0 Å². The molecular formula is C17H28O. The first-order valence-corrected chi connectivity index (χ1v) is 7.24. The Bertz CT molecular complexity index is 349. The number of hydrogen-bond acceptors (Lipinski definition) is 1. The quantitative estimate of drug-likeness (QED) is 0.703. The third-order valence-corrected chi connectivity index (χ3v) is 3.46. The van der Waals surface area contributed by atoms with Crippen LogP contribution < -0.4 is 0 Å². The average Bonchev–Trinajstić information content (AvgIpc) is 2.33. The molecule has 1 aromatic carbocycles. The summed E-state index contributed by atoms with van der Waals surface area (Å²) < 4.78 is 0. The monoisotopic (exact) mass is 248 g/mol. The molecule has 1 rings (SSSR count). The molecule has 1 N–H and O–H groups in total. The maximum Gasteiger partial charge on any atom is 0.0792 e. The van der Waals surface area contributed by atoms with Crippen molar-refractivity contribution >= 4 is 0 Å². The van der Waals surface area contributed by atoms with Crippen LogP contribution in [0.2, 0.25) is 0 Å². The Kier molecular flexibility index (Phi) is 5.87. The molecule has 0 saturated heterocycles. The Balaban J connectivity index is 2.70. The van der Waals surface area contributed by atoms with Crippen molar-refractivity contribution in [2.24, 2.45) is 0 Å². The van der Waals surface area contributed by atoms with Crippen LogP contribution in [0.3, 0.4) is 0 Å². The largest absolute Gasteiger partial charge is 0.388 e. The molecule has 1 heteroatoms. The summed E-state index contributed by atoms with van der Waals surface area (Å²) in [5.74, 6) is 0. The van der Waals surface area contributed by atoms with Gasteiger partial charge in [0.15, 0.2) is 0 Å². The van der Waals surface area contributed by atoms with Gasteiger partial charge in [-0.25, -0.2) is 0 Å². The van der Waals surface area contributed by atoms with Gasteiger partial charge in [-0.15, -0.1) is 0 Å². The summed E-state index contributed by atoms with van der Waals surface area (Å²) in [6.45, 7) is 8.83. The van der Waals surface area contributed by atoms with Crippen molar-refractivity contribution in [1.82, 2.24) is 0 Å². The summed E-state index contributed by atoms with van der Waals surface area (Å²) in [6.07, 6.45) is 5.44. The highest BCUT2D eigenvalue weighted by molar-refractivity contribution is 5.34. The molecule has 0 spiro atoms. The highest BCUT2D eigenvalue weighted by Crippen LogP contribution is 2.31. The number of unbranched alkanes of at least 4 members (excludes halogenated alkanes) is 3. The molecule has 102 valence electrons. The van der Waals surface area contributed by atoms with Gasteiger partial charge in [-0.3, -0.25) is 0 Å². The molecule has 1 atom stereocenters. The molecule has 18 heavy (non-hydrogen) atoms. The molecule has 0 amide bonds. The Morgan fingerprint density at radius 1 is 1.06 bits per heavy atom. The Hall–Kier alpha value is -0.820. The minimum absolute atomic E-state index is 0.0982. The van der Waals surface area contributed by atoms with Crippen LogP contribution in [0.5, 0.6) is 0 Å². The molecule has 0 heterocycles. The van der Waals surface area contributed by atoms with Gasteiger partial charge in [0.25, 0.3) is 0 Å². The van der Waals surface area contributed by atoms with Crippen molar-refractivity contribution in [3.63, 3.8) is 0 Å². The van der Waals surface area contributed by atoms with Crippen LogP contribution >= 0.6 is 0 Å². The summed E-state index contributed by atoms with van der Waals surface area (Å²) in [6, 6.07) is 8.31. The smallest absolute Gasteiger partial charge is 0.0792 e. The van der Waals surface area contributed by atoms with E-state index in [1.165, 1.54) is 24.8 Å². The van der Waals surface area contributed by atoms with Gasteiger partial charge in [0.2, 0.25) is 0 Å². The van der Waals surface area contributed by atoms with Crippen LogP contribution in [-0.4, -0.2) is 5.11 Å². The molecule has 1 unspecified atom stereocenters. The van der Waals surface area contributed by atoms with Crippen LogP contribution in [-0.2, 0) is 5.41 Å². The minimum Gasteiger partial charge on any atom is -0.388 e. The number of hydrogen-bond donors (Lipinski definition) is 1. The van der Waals surface area contributed by atoms with Crippen molar-refractivity contribution in [2.45, 2.75) is 71.3 Å². The fourth-order valence-corrected chi connectivity index (χ4v) is 2.39. The predicted molar refractivity (Wildman–Crippen MR) is 78.9 cm³/mol. The van der Waals surface area contributed by atoms with E-state index in [0.29, 0.717) is 0 Å². The Labute approximate surface area is 112 Å². The van der Waals surface area contributed by atoms with Crippen LogP contribution in [0.4, 0.5) is 0 Å². The summed E-state index contributed by atoms with van der Waals surface area (Å²) >= 11 is 0. The van der Waals surface area contributed by atoms with Gasteiger partial charge in [-0.1, -0.05) is 77.6 Å². The summed E-state index contributed by atoms with van der Waals surface area (Å²) in [5, 5.41) is 10.4. The topological polar surface area (TPSA) is 20.2 Å².